The second kappa shape index (κ2) is 8.91. The van der Waals surface area contributed by atoms with Crippen molar-refractivity contribution in [3.8, 4) is 5.75 Å². The maximum Gasteiger partial charge on any atom is 0.414 e. The highest BCUT2D eigenvalue weighted by molar-refractivity contribution is 7.18. The first kappa shape index (κ1) is 20.6. The van der Waals surface area contributed by atoms with E-state index in [0.29, 0.717) is 23.6 Å². The maximum absolute atomic E-state index is 11.7. The smallest absolute Gasteiger partial charge is 0.414 e. The zero-order valence-electron chi connectivity index (χ0n) is 16.4. The van der Waals surface area contributed by atoms with E-state index in [9.17, 15) is 14.7 Å². The summed E-state index contributed by atoms with van der Waals surface area (Å²) in [4.78, 5) is 28.8. The summed E-state index contributed by atoms with van der Waals surface area (Å²) in [5.41, 5.74) is 2.06. The van der Waals surface area contributed by atoms with E-state index in [0.717, 1.165) is 20.1 Å². The van der Waals surface area contributed by atoms with Gasteiger partial charge in [-0.15, -0.1) is 11.3 Å². The first-order valence-corrected chi connectivity index (χ1v) is 10.00. The summed E-state index contributed by atoms with van der Waals surface area (Å²) in [6.45, 7) is 5.29. The summed E-state index contributed by atoms with van der Waals surface area (Å²) in [6.07, 6.45) is -1.96. The highest BCUT2D eigenvalue weighted by atomic mass is 32.1. The van der Waals surface area contributed by atoms with Crippen LogP contribution in [0.25, 0.3) is 10.2 Å². The van der Waals surface area contributed by atoms with Crippen molar-refractivity contribution >= 4 is 39.3 Å². The molecule has 7 nitrogen and oxygen atoms in total. The number of ether oxygens (including phenoxy) is 2. The Hall–Kier alpha value is -3.13. The molecule has 1 unspecified atom stereocenters. The predicted octanol–water partition coefficient (Wildman–Crippen LogP) is 4.97. The molecule has 0 bridgehead atoms. The summed E-state index contributed by atoms with van der Waals surface area (Å²) in [6, 6.07) is 13.0. The molecule has 0 aliphatic heterocycles. The Bertz CT molecular complexity index is 1000. The van der Waals surface area contributed by atoms with Gasteiger partial charge in [0.25, 0.3) is 0 Å². The molecule has 0 aliphatic rings. The minimum absolute atomic E-state index is 0.176. The van der Waals surface area contributed by atoms with Gasteiger partial charge in [0.15, 0.2) is 6.23 Å². The van der Waals surface area contributed by atoms with Crippen LogP contribution >= 0.6 is 11.3 Å². The van der Waals surface area contributed by atoms with E-state index in [1.54, 1.807) is 43.4 Å². The van der Waals surface area contributed by atoms with Crippen LogP contribution in [0.2, 0.25) is 0 Å². The van der Waals surface area contributed by atoms with E-state index >= 15 is 0 Å². The monoisotopic (exact) mass is 414 g/mol. The number of amides is 1. The van der Waals surface area contributed by atoms with Crippen molar-refractivity contribution in [1.82, 2.24) is 4.98 Å². The number of hydrogen-bond acceptors (Lipinski definition) is 6. The van der Waals surface area contributed by atoms with Crippen LogP contribution in [-0.4, -0.2) is 28.4 Å². The van der Waals surface area contributed by atoms with Crippen LogP contribution in [0, 0.1) is 6.92 Å². The number of para-hydroxylation sites is 1. The lowest BCUT2D eigenvalue weighted by Gasteiger charge is -2.27. The normalized spacial score (nSPS) is 11.8. The Morgan fingerprint density at radius 2 is 2.00 bits per heavy atom. The summed E-state index contributed by atoms with van der Waals surface area (Å²) in [7, 11) is 0. The van der Waals surface area contributed by atoms with Crippen molar-refractivity contribution in [2.45, 2.75) is 40.0 Å². The first-order valence-electron chi connectivity index (χ1n) is 9.18. The van der Waals surface area contributed by atoms with Gasteiger partial charge in [0, 0.05) is 6.42 Å². The highest BCUT2D eigenvalue weighted by Gasteiger charge is 2.25. The molecule has 1 N–H and O–H groups in total. The molecular weight excluding hydrogens is 392 g/mol. The number of aryl methyl sites for hydroxylation is 1. The summed E-state index contributed by atoms with van der Waals surface area (Å²) >= 11 is 1.57. The van der Waals surface area contributed by atoms with E-state index in [1.165, 1.54) is 6.92 Å². The van der Waals surface area contributed by atoms with Gasteiger partial charge < -0.3 is 14.6 Å². The summed E-state index contributed by atoms with van der Waals surface area (Å²) < 4.78 is 12.1. The van der Waals surface area contributed by atoms with E-state index < -0.39 is 18.3 Å². The number of aromatic nitrogens is 1. The third kappa shape index (κ3) is 4.83. The fraction of sp³-hybridized carbons (Fsp3) is 0.286. The summed E-state index contributed by atoms with van der Waals surface area (Å²) in [5.74, 6) is 0.145. The standard InChI is InChI=1S/C21H22N2O5S/c1-4-20(24)28-14(3)23(21(25)26)17-10-9-15(11-13(17)2)27-12-19-22-16-7-5-6-8-18(16)29-19/h5-11,14H,4,12H2,1-3H3,(H,25,26). The summed E-state index contributed by atoms with van der Waals surface area (Å²) in [5, 5.41) is 10.5. The molecule has 1 heterocycles. The zero-order chi connectivity index (χ0) is 21.0. The Balaban J connectivity index is 1.74. The van der Waals surface area contributed by atoms with Gasteiger partial charge in [-0.05, 0) is 49.7 Å². The Labute approximate surface area is 172 Å². The zero-order valence-corrected chi connectivity index (χ0v) is 17.2. The molecule has 0 saturated heterocycles. The van der Waals surface area contributed by atoms with Crippen molar-refractivity contribution in [3.05, 3.63) is 53.0 Å². The molecule has 0 spiro atoms. The fourth-order valence-corrected chi connectivity index (χ4v) is 3.78. The van der Waals surface area contributed by atoms with Gasteiger partial charge in [0.05, 0.1) is 15.9 Å². The molecule has 29 heavy (non-hydrogen) atoms. The van der Waals surface area contributed by atoms with Crippen molar-refractivity contribution in [3.63, 3.8) is 0 Å². The first-order chi connectivity index (χ1) is 13.9. The van der Waals surface area contributed by atoms with Crippen molar-refractivity contribution in [1.29, 1.82) is 0 Å². The van der Waals surface area contributed by atoms with E-state index in [2.05, 4.69) is 4.98 Å². The second-order valence-corrected chi connectivity index (χ2v) is 7.52. The number of hydrogen-bond donors (Lipinski definition) is 1. The number of carbonyl (C=O) groups excluding carboxylic acids is 1. The molecule has 0 radical (unpaired) electrons. The van der Waals surface area contributed by atoms with Gasteiger partial charge in [-0.2, -0.15) is 0 Å². The van der Waals surface area contributed by atoms with E-state index in [-0.39, 0.29) is 6.42 Å². The minimum Gasteiger partial charge on any atom is -0.486 e. The number of nitrogens with zero attached hydrogens (tertiary/aromatic N) is 2. The van der Waals surface area contributed by atoms with Crippen LogP contribution in [0.3, 0.4) is 0 Å². The molecule has 1 atom stereocenters. The lowest BCUT2D eigenvalue weighted by atomic mass is 10.1. The van der Waals surface area contributed by atoms with Crippen LogP contribution in [0.5, 0.6) is 5.75 Å². The third-order valence-electron chi connectivity index (χ3n) is 4.29. The van der Waals surface area contributed by atoms with Crippen molar-refractivity contribution in [2.75, 3.05) is 4.90 Å². The Morgan fingerprint density at radius 3 is 2.66 bits per heavy atom. The molecule has 152 valence electrons. The van der Waals surface area contributed by atoms with Crippen molar-refractivity contribution in [2.24, 2.45) is 0 Å². The van der Waals surface area contributed by atoms with Crippen LogP contribution in [0.1, 0.15) is 30.8 Å². The predicted molar refractivity (Wildman–Crippen MR) is 111 cm³/mol. The second-order valence-electron chi connectivity index (χ2n) is 6.41. The SMILES string of the molecule is CCC(=O)OC(C)N(C(=O)O)c1ccc(OCc2nc3ccccc3s2)cc1C. The van der Waals surface area contributed by atoms with E-state index in [1.807, 2.05) is 24.3 Å². The fourth-order valence-electron chi connectivity index (χ4n) is 2.90. The molecule has 3 rings (SSSR count). The van der Waals surface area contributed by atoms with Crippen LogP contribution < -0.4 is 9.64 Å². The number of carbonyl (C=O) groups is 2. The molecule has 0 saturated carbocycles. The number of fused-ring (bicyclic) bond motifs is 1. The molecule has 0 fully saturated rings. The third-order valence-corrected chi connectivity index (χ3v) is 5.30. The number of esters is 1. The number of benzene rings is 2. The molecule has 1 aromatic heterocycles. The van der Waals surface area contributed by atoms with Gasteiger partial charge in [0.2, 0.25) is 0 Å². The molecule has 0 aliphatic carbocycles. The molecule has 1 amide bonds. The minimum atomic E-state index is -1.20. The Kier molecular flexibility index (Phi) is 6.33. The average molecular weight is 414 g/mol. The van der Waals surface area contributed by atoms with Crippen LogP contribution in [-0.2, 0) is 16.1 Å². The Morgan fingerprint density at radius 1 is 1.24 bits per heavy atom. The van der Waals surface area contributed by atoms with Crippen LogP contribution in [0.4, 0.5) is 10.5 Å². The van der Waals surface area contributed by atoms with Crippen molar-refractivity contribution < 1.29 is 24.2 Å². The van der Waals surface area contributed by atoms with Gasteiger partial charge in [-0.3, -0.25) is 4.79 Å². The highest BCUT2D eigenvalue weighted by Crippen LogP contribution is 2.28. The van der Waals surface area contributed by atoms with Gasteiger partial charge in [-0.25, -0.2) is 14.7 Å². The van der Waals surface area contributed by atoms with Gasteiger partial charge in [-0.1, -0.05) is 19.1 Å². The number of carboxylic acid groups (broad SMARTS) is 1. The molecule has 3 aromatic rings. The maximum atomic E-state index is 11.7. The number of thiazole rings is 1. The number of anilines is 1. The van der Waals surface area contributed by atoms with Gasteiger partial charge in [0.1, 0.15) is 17.4 Å². The molecule has 8 heteroatoms. The molecule has 2 aromatic carbocycles. The van der Waals surface area contributed by atoms with Crippen LogP contribution in [0.15, 0.2) is 42.5 Å². The molecular formula is C21H22N2O5S. The average Bonchev–Trinajstić information content (AvgIpc) is 3.10. The quantitative estimate of drug-likeness (QED) is 0.434. The lowest BCUT2D eigenvalue weighted by molar-refractivity contribution is -0.147. The number of rotatable bonds is 7. The lowest BCUT2D eigenvalue weighted by Crippen LogP contribution is -2.41. The largest absolute Gasteiger partial charge is 0.486 e. The topological polar surface area (TPSA) is 89.0 Å². The van der Waals surface area contributed by atoms with Gasteiger partial charge >= 0.3 is 12.1 Å². The van der Waals surface area contributed by atoms with E-state index in [4.69, 9.17) is 9.47 Å².